The molecule has 0 radical (unpaired) electrons. The van der Waals surface area contributed by atoms with Crippen molar-refractivity contribution in [3.05, 3.63) is 36.2 Å². The summed E-state index contributed by atoms with van der Waals surface area (Å²) in [4.78, 5) is 6.76. The summed E-state index contributed by atoms with van der Waals surface area (Å²) in [5.41, 5.74) is 3.05. The Labute approximate surface area is 154 Å². The molecule has 4 nitrogen and oxygen atoms in total. The van der Waals surface area contributed by atoms with Gasteiger partial charge in [0, 0.05) is 36.7 Å². The summed E-state index contributed by atoms with van der Waals surface area (Å²) in [6.45, 7) is 4.99. The second kappa shape index (κ2) is 9.48. The lowest BCUT2D eigenvalue weighted by molar-refractivity contribution is 0.280. The molecule has 128 valence electrons. The van der Waals surface area contributed by atoms with E-state index in [1.165, 1.54) is 0 Å². The fourth-order valence-electron chi connectivity index (χ4n) is 2.54. The molecule has 0 aliphatic heterocycles. The van der Waals surface area contributed by atoms with Crippen molar-refractivity contribution >= 4 is 35.6 Å². The lowest BCUT2D eigenvalue weighted by Crippen LogP contribution is -2.28. The zero-order valence-corrected chi connectivity index (χ0v) is 15.9. The van der Waals surface area contributed by atoms with Gasteiger partial charge in [-0.3, -0.25) is 14.6 Å². The molecule has 0 amide bonds. The van der Waals surface area contributed by atoms with Crippen molar-refractivity contribution in [2.24, 2.45) is 0 Å². The second-order valence-corrected chi connectivity index (χ2v) is 6.22. The molecule has 1 unspecified atom stereocenters. The number of rotatable bonds is 7. The molecule has 0 saturated heterocycles. The minimum Gasteiger partial charge on any atom is -0.297 e. The molecule has 1 atom stereocenters. The zero-order chi connectivity index (χ0) is 16.1. The van der Waals surface area contributed by atoms with E-state index >= 15 is 0 Å². The molecule has 0 bridgehead atoms. The van der Waals surface area contributed by atoms with E-state index in [2.05, 4.69) is 34.9 Å². The average Bonchev–Trinajstić information content (AvgIpc) is 2.98. The Balaban J connectivity index is 0.00000264. The molecule has 7 heteroatoms. The van der Waals surface area contributed by atoms with Crippen molar-refractivity contribution in [2.45, 2.75) is 25.9 Å². The predicted octanol–water partition coefficient (Wildman–Crippen LogP) is 4.40. The topological polar surface area (TPSA) is 34.0 Å². The number of alkyl halides is 2. The standard InChI is InChI=1S/C16H22Cl2N4.ClH/c1-12(2)22-14(6-9-20-22)16-13(5-4-8-19-16)15(11-18)21(3)10-7-17;/h4-6,8-9,12,15H,7,10-11H2,1-3H3;1H. The fourth-order valence-corrected chi connectivity index (χ4v) is 3.21. The van der Waals surface area contributed by atoms with Gasteiger partial charge in [-0.25, -0.2) is 0 Å². The molecule has 0 aliphatic carbocycles. The highest BCUT2D eigenvalue weighted by atomic mass is 35.5. The largest absolute Gasteiger partial charge is 0.297 e. The second-order valence-electron chi connectivity index (χ2n) is 5.54. The smallest absolute Gasteiger partial charge is 0.0931 e. The van der Waals surface area contributed by atoms with Crippen LogP contribution >= 0.6 is 35.6 Å². The summed E-state index contributed by atoms with van der Waals surface area (Å²) < 4.78 is 1.98. The van der Waals surface area contributed by atoms with E-state index in [0.29, 0.717) is 11.8 Å². The third-order valence-electron chi connectivity index (χ3n) is 3.72. The Hall–Kier alpha value is -0.810. The van der Waals surface area contributed by atoms with Crippen LogP contribution in [0.3, 0.4) is 0 Å². The fraction of sp³-hybridized carbons (Fsp3) is 0.500. The van der Waals surface area contributed by atoms with Gasteiger partial charge in [-0.1, -0.05) is 6.07 Å². The van der Waals surface area contributed by atoms with Crippen LogP contribution in [-0.2, 0) is 0 Å². The minimum atomic E-state index is 0. The molecule has 0 spiro atoms. The number of halogens is 3. The van der Waals surface area contributed by atoms with Crippen molar-refractivity contribution in [1.82, 2.24) is 19.7 Å². The van der Waals surface area contributed by atoms with Gasteiger partial charge >= 0.3 is 0 Å². The van der Waals surface area contributed by atoms with Crippen LogP contribution in [0.5, 0.6) is 0 Å². The first-order valence-corrected chi connectivity index (χ1v) is 8.48. The molecule has 0 saturated carbocycles. The lowest BCUT2D eigenvalue weighted by atomic mass is 10.0. The van der Waals surface area contributed by atoms with Gasteiger partial charge in [-0.2, -0.15) is 5.10 Å². The van der Waals surface area contributed by atoms with Gasteiger partial charge in [0.05, 0.1) is 17.4 Å². The Morgan fingerprint density at radius 2 is 1.96 bits per heavy atom. The van der Waals surface area contributed by atoms with Crippen LogP contribution in [0.15, 0.2) is 30.6 Å². The first kappa shape index (κ1) is 20.2. The van der Waals surface area contributed by atoms with Gasteiger partial charge in [0.25, 0.3) is 0 Å². The van der Waals surface area contributed by atoms with Gasteiger partial charge in [0.1, 0.15) is 0 Å². The molecule has 0 N–H and O–H groups in total. The SMILES string of the molecule is CC(C)n1nccc1-c1ncccc1C(CCl)N(C)CCCl.Cl. The summed E-state index contributed by atoms with van der Waals surface area (Å²) in [7, 11) is 2.03. The van der Waals surface area contributed by atoms with Crippen LogP contribution in [-0.4, -0.2) is 45.0 Å². The van der Waals surface area contributed by atoms with Crippen LogP contribution in [0, 0.1) is 0 Å². The van der Waals surface area contributed by atoms with Crippen molar-refractivity contribution < 1.29 is 0 Å². The third kappa shape index (κ3) is 4.60. The predicted molar refractivity (Wildman–Crippen MR) is 99.9 cm³/mol. The number of pyridine rings is 1. The normalized spacial score (nSPS) is 12.5. The van der Waals surface area contributed by atoms with Crippen LogP contribution in [0.4, 0.5) is 0 Å². The van der Waals surface area contributed by atoms with Gasteiger partial charge in [-0.15, -0.1) is 35.6 Å². The maximum absolute atomic E-state index is 6.23. The Morgan fingerprint density at radius 1 is 1.22 bits per heavy atom. The highest BCUT2D eigenvalue weighted by molar-refractivity contribution is 6.18. The monoisotopic (exact) mass is 376 g/mol. The third-order valence-corrected chi connectivity index (χ3v) is 4.18. The van der Waals surface area contributed by atoms with Crippen molar-refractivity contribution in [3.8, 4) is 11.4 Å². The van der Waals surface area contributed by atoms with E-state index < -0.39 is 0 Å². The van der Waals surface area contributed by atoms with E-state index in [0.717, 1.165) is 23.5 Å². The van der Waals surface area contributed by atoms with Crippen molar-refractivity contribution in [1.29, 1.82) is 0 Å². The summed E-state index contributed by atoms with van der Waals surface area (Å²) in [5, 5.41) is 4.41. The lowest BCUT2D eigenvalue weighted by Gasteiger charge is -2.27. The minimum absolute atomic E-state index is 0. The summed E-state index contributed by atoms with van der Waals surface area (Å²) in [6.07, 6.45) is 3.62. The van der Waals surface area contributed by atoms with Crippen LogP contribution in [0.25, 0.3) is 11.4 Å². The number of nitrogens with zero attached hydrogens (tertiary/aromatic N) is 4. The molecule has 0 aromatic carbocycles. The number of hydrogen-bond acceptors (Lipinski definition) is 3. The molecule has 2 aromatic rings. The quantitative estimate of drug-likeness (QED) is 0.671. The van der Waals surface area contributed by atoms with Gasteiger partial charge < -0.3 is 0 Å². The summed E-state index contributed by atoms with van der Waals surface area (Å²) >= 11 is 12.1. The molecule has 2 rings (SSSR count). The molecule has 0 fully saturated rings. The Morgan fingerprint density at radius 3 is 2.57 bits per heavy atom. The maximum atomic E-state index is 6.23. The molecule has 2 aromatic heterocycles. The average molecular weight is 378 g/mol. The van der Waals surface area contributed by atoms with E-state index in [1.54, 1.807) is 0 Å². The molecular formula is C16H23Cl3N4. The first-order chi connectivity index (χ1) is 10.6. The highest BCUT2D eigenvalue weighted by Gasteiger charge is 2.22. The zero-order valence-electron chi connectivity index (χ0n) is 13.6. The van der Waals surface area contributed by atoms with Crippen LogP contribution in [0.1, 0.15) is 31.5 Å². The molecule has 0 aliphatic rings. The first-order valence-electron chi connectivity index (χ1n) is 7.41. The summed E-state index contributed by atoms with van der Waals surface area (Å²) in [5.74, 6) is 1.06. The van der Waals surface area contributed by atoms with E-state index in [9.17, 15) is 0 Å². The van der Waals surface area contributed by atoms with Crippen LogP contribution < -0.4 is 0 Å². The summed E-state index contributed by atoms with van der Waals surface area (Å²) in [6, 6.07) is 6.37. The number of hydrogen-bond donors (Lipinski definition) is 0. The van der Waals surface area contributed by atoms with Crippen LogP contribution in [0.2, 0.25) is 0 Å². The van der Waals surface area contributed by atoms with E-state index in [-0.39, 0.29) is 24.5 Å². The van der Waals surface area contributed by atoms with E-state index in [4.69, 9.17) is 23.2 Å². The maximum Gasteiger partial charge on any atom is 0.0931 e. The van der Waals surface area contributed by atoms with E-state index in [1.807, 2.05) is 36.3 Å². The molecule has 2 heterocycles. The van der Waals surface area contributed by atoms with Gasteiger partial charge in [0.2, 0.25) is 0 Å². The highest BCUT2D eigenvalue weighted by Crippen LogP contribution is 2.30. The molecule has 23 heavy (non-hydrogen) atoms. The van der Waals surface area contributed by atoms with Gasteiger partial charge in [0.15, 0.2) is 0 Å². The van der Waals surface area contributed by atoms with Crippen molar-refractivity contribution in [2.75, 3.05) is 25.4 Å². The number of aromatic nitrogens is 3. The van der Waals surface area contributed by atoms with Gasteiger partial charge in [-0.05, 0) is 38.6 Å². The Kier molecular flexibility index (Phi) is 8.34. The Bertz CT molecular complexity index is 601. The van der Waals surface area contributed by atoms with Crippen molar-refractivity contribution in [3.63, 3.8) is 0 Å². The molecular weight excluding hydrogens is 355 g/mol.